The maximum absolute atomic E-state index is 11.8. The lowest BCUT2D eigenvalue weighted by atomic mass is 10.0. The van der Waals surface area contributed by atoms with Crippen LogP contribution in [0.3, 0.4) is 0 Å². The number of methoxy groups -OCH3 is 2. The van der Waals surface area contributed by atoms with Gasteiger partial charge in [-0.15, -0.1) is 0 Å². The van der Waals surface area contributed by atoms with Crippen molar-refractivity contribution in [3.8, 4) is 5.75 Å². The van der Waals surface area contributed by atoms with Crippen molar-refractivity contribution >= 4 is 5.97 Å². The number of ether oxygens (including phenoxy) is 2. The predicted molar refractivity (Wildman–Crippen MR) is 73.1 cm³/mol. The maximum atomic E-state index is 11.8. The Bertz CT molecular complexity index is 433. The number of hydrogen-bond donors (Lipinski definition) is 0. The quantitative estimate of drug-likeness (QED) is 0.781. The van der Waals surface area contributed by atoms with Crippen molar-refractivity contribution in [2.24, 2.45) is 0 Å². The Morgan fingerprint density at radius 3 is 2.95 bits per heavy atom. The van der Waals surface area contributed by atoms with E-state index in [0.29, 0.717) is 0 Å². The largest absolute Gasteiger partial charge is 0.497 e. The zero-order valence-corrected chi connectivity index (χ0v) is 11.6. The number of carbonyl (C=O) groups is 1. The summed E-state index contributed by atoms with van der Waals surface area (Å²) in [4.78, 5) is 14.0. The first-order chi connectivity index (χ1) is 9.24. The van der Waals surface area contributed by atoms with E-state index in [-0.39, 0.29) is 12.0 Å². The molecule has 2 rings (SSSR count). The lowest BCUT2D eigenvalue weighted by molar-refractivity contribution is -0.148. The lowest BCUT2D eigenvalue weighted by Gasteiger charge is -2.33. The molecule has 1 atom stereocenters. The van der Waals surface area contributed by atoms with Crippen LogP contribution in [0, 0.1) is 0 Å². The van der Waals surface area contributed by atoms with Gasteiger partial charge >= 0.3 is 5.97 Å². The molecule has 0 bridgehead atoms. The number of rotatable bonds is 4. The van der Waals surface area contributed by atoms with Gasteiger partial charge in [-0.1, -0.05) is 18.6 Å². The van der Waals surface area contributed by atoms with Crippen LogP contribution >= 0.6 is 0 Å². The van der Waals surface area contributed by atoms with Gasteiger partial charge in [-0.3, -0.25) is 9.69 Å². The highest BCUT2D eigenvalue weighted by Gasteiger charge is 2.29. The fraction of sp³-hybridized carbons (Fsp3) is 0.533. The normalized spacial score (nSPS) is 20.0. The molecule has 1 aromatic carbocycles. The van der Waals surface area contributed by atoms with Crippen molar-refractivity contribution in [3.63, 3.8) is 0 Å². The Hall–Kier alpha value is -1.55. The molecule has 0 unspecified atom stereocenters. The Morgan fingerprint density at radius 2 is 2.21 bits per heavy atom. The van der Waals surface area contributed by atoms with Gasteiger partial charge in [-0.05, 0) is 37.1 Å². The van der Waals surface area contributed by atoms with Crippen LogP contribution in [0.15, 0.2) is 24.3 Å². The molecule has 104 valence electrons. The van der Waals surface area contributed by atoms with Gasteiger partial charge in [0.2, 0.25) is 0 Å². The Balaban J connectivity index is 2.08. The highest BCUT2D eigenvalue weighted by atomic mass is 16.5. The van der Waals surface area contributed by atoms with Gasteiger partial charge in [0, 0.05) is 6.54 Å². The zero-order chi connectivity index (χ0) is 13.7. The van der Waals surface area contributed by atoms with E-state index in [2.05, 4.69) is 11.0 Å². The van der Waals surface area contributed by atoms with E-state index in [0.717, 1.165) is 43.7 Å². The summed E-state index contributed by atoms with van der Waals surface area (Å²) in [6.45, 7) is 1.70. The van der Waals surface area contributed by atoms with E-state index >= 15 is 0 Å². The molecule has 1 aliphatic heterocycles. The molecule has 1 heterocycles. The number of esters is 1. The number of piperidine rings is 1. The van der Waals surface area contributed by atoms with Crippen LogP contribution in [0.2, 0.25) is 0 Å². The minimum atomic E-state index is -0.123. The van der Waals surface area contributed by atoms with Gasteiger partial charge in [-0.2, -0.15) is 0 Å². The zero-order valence-electron chi connectivity index (χ0n) is 11.6. The SMILES string of the molecule is COC(=O)[C@H]1CCCCN1Cc1cccc(OC)c1. The molecule has 0 radical (unpaired) electrons. The van der Waals surface area contributed by atoms with Gasteiger partial charge < -0.3 is 9.47 Å². The summed E-state index contributed by atoms with van der Waals surface area (Å²) < 4.78 is 10.1. The molecule has 0 spiro atoms. The Kier molecular flexibility index (Phi) is 4.80. The molecule has 19 heavy (non-hydrogen) atoms. The average Bonchev–Trinajstić information content (AvgIpc) is 2.47. The fourth-order valence-corrected chi connectivity index (χ4v) is 2.59. The van der Waals surface area contributed by atoms with Crippen LogP contribution in [0.1, 0.15) is 24.8 Å². The van der Waals surface area contributed by atoms with E-state index in [1.807, 2.05) is 18.2 Å². The molecule has 0 N–H and O–H groups in total. The average molecular weight is 263 g/mol. The summed E-state index contributed by atoms with van der Waals surface area (Å²) in [6.07, 6.45) is 3.11. The van der Waals surface area contributed by atoms with Crippen LogP contribution in [-0.4, -0.2) is 37.7 Å². The molecule has 0 amide bonds. The summed E-state index contributed by atoms with van der Waals surface area (Å²) >= 11 is 0. The monoisotopic (exact) mass is 263 g/mol. The van der Waals surface area contributed by atoms with Crippen molar-refractivity contribution in [2.45, 2.75) is 31.8 Å². The first-order valence-electron chi connectivity index (χ1n) is 6.69. The van der Waals surface area contributed by atoms with Crippen LogP contribution < -0.4 is 4.74 Å². The van der Waals surface area contributed by atoms with Crippen LogP contribution in [-0.2, 0) is 16.1 Å². The Morgan fingerprint density at radius 1 is 1.37 bits per heavy atom. The molecule has 1 aromatic rings. The number of nitrogens with zero attached hydrogens (tertiary/aromatic N) is 1. The summed E-state index contributed by atoms with van der Waals surface area (Å²) in [5, 5.41) is 0. The number of carbonyl (C=O) groups excluding carboxylic acids is 1. The van der Waals surface area contributed by atoms with Gasteiger partial charge in [0.05, 0.1) is 14.2 Å². The van der Waals surface area contributed by atoms with Crippen molar-refractivity contribution in [2.75, 3.05) is 20.8 Å². The molecule has 0 aromatic heterocycles. The van der Waals surface area contributed by atoms with Gasteiger partial charge in [-0.25, -0.2) is 0 Å². The van der Waals surface area contributed by atoms with E-state index in [4.69, 9.17) is 9.47 Å². The minimum absolute atomic E-state index is 0.107. The first-order valence-corrected chi connectivity index (χ1v) is 6.69. The lowest BCUT2D eigenvalue weighted by Crippen LogP contribution is -2.44. The number of likely N-dealkylation sites (tertiary alicyclic amines) is 1. The minimum Gasteiger partial charge on any atom is -0.497 e. The van der Waals surface area contributed by atoms with Crippen molar-refractivity contribution in [1.82, 2.24) is 4.90 Å². The summed E-state index contributed by atoms with van der Waals surface area (Å²) in [5.74, 6) is 0.728. The molecular formula is C15H21NO3. The third-order valence-electron chi connectivity index (χ3n) is 3.61. The fourth-order valence-electron chi connectivity index (χ4n) is 2.59. The van der Waals surface area contributed by atoms with Crippen LogP contribution in [0.5, 0.6) is 5.75 Å². The molecule has 4 heteroatoms. The van der Waals surface area contributed by atoms with Crippen LogP contribution in [0.25, 0.3) is 0 Å². The molecule has 0 saturated carbocycles. The van der Waals surface area contributed by atoms with E-state index in [1.54, 1.807) is 7.11 Å². The van der Waals surface area contributed by atoms with Gasteiger partial charge in [0.25, 0.3) is 0 Å². The van der Waals surface area contributed by atoms with Crippen molar-refractivity contribution in [1.29, 1.82) is 0 Å². The van der Waals surface area contributed by atoms with Crippen molar-refractivity contribution in [3.05, 3.63) is 29.8 Å². The van der Waals surface area contributed by atoms with E-state index < -0.39 is 0 Å². The smallest absolute Gasteiger partial charge is 0.323 e. The molecule has 1 fully saturated rings. The Labute approximate surface area is 114 Å². The predicted octanol–water partition coefficient (Wildman–Crippen LogP) is 2.22. The highest BCUT2D eigenvalue weighted by molar-refractivity contribution is 5.75. The van der Waals surface area contributed by atoms with Gasteiger partial charge in [0.1, 0.15) is 11.8 Å². The topological polar surface area (TPSA) is 38.8 Å². The van der Waals surface area contributed by atoms with Crippen molar-refractivity contribution < 1.29 is 14.3 Å². The second kappa shape index (κ2) is 6.57. The standard InChI is InChI=1S/C15H21NO3/c1-18-13-7-5-6-12(10-13)11-16-9-4-3-8-14(16)15(17)19-2/h5-7,10,14H,3-4,8-9,11H2,1-2H3/t14-/m1/s1. The van der Waals surface area contributed by atoms with E-state index in [1.165, 1.54) is 7.11 Å². The third-order valence-corrected chi connectivity index (χ3v) is 3.61. The first kappa shape index (κ1) is 13.9. The number of benzene rings is 1. The molecule has 1 aliphatic rings. The summed E-state index contributed by atoms with van der Waals surface area (Å²) in [7, 11) is 3.12. The summed E-state index contributed by atoms with van der Waals surface area (Å²) in [6, 6.07) is 7.88. The number of hydrogen-bond acceptors (Lipinski definition) is 4. The third kappa shape index (κ3) is 3.47. The second-order valence-corrected chi connectivity index (χ2v) is 4.86. The maximum Gasteiger partial charge on any atom is 0.323 e. The molecular weight excluding hydrogens is 242 g/mol. The molecule has 1 saturated heterocycles. The highest BCUT2D eigenvalue weighted by Crippen LogP contribution is 2.22. The van der Waals surface area contributed by atoms with Gasteiger partial charge in [0.15, 0.2) is 0 Å². The summed E-state index contributed by atoms with van der Waals surface area (Å²) in [5.41, 5.74) is 1.16. The second-order valence-electron chi connectivity index (χ2n) is 4.86. The molecule has 4 nitrogen and oxygen atoms in total. The van der Waals surface area contributed by atoms with Crippen LogP contribution in [0.4, 0.5) is 0 Å². The van der Waals surface area contributed by atoms with E-state index in [9.17, 15) is 4.79 Å². The molecule has 0 aliphatic carbocycles.